The van der Waals surface area contributed by atoms with Crippen molar-refractivity contribution in [1.82, 2.24) is 5.43 Å². The summed E-state index contributed by atoms with van der Waals surface area (Å²) >= 11 is 21.5. The maximum Gasteiger partial charge on any atom is 0.264 e. The molecule has 0 heterocycles. The third-order valence-corrected chi connectivity index (χ3v) is 9.51. The highest BCUT2D eigenvalue weighted by atomic mass is 79.9. The minimum atomic E-state index is -4.15. The second-order valence-corrected chi connectivity index (χ2v) is 13.2. The van der Waals surface area contributed by atoms with E-state index in [4.69, 9.17) is 49.0 Å². The highest BCUT2D eigenvalue weighted by molar-refractivity contribution is 9.10. The van der Waals surface area contributed by atoms with Crippen molar-refractivity contribution in [1.29, 1.82) is 0 Å². The fourth-order valence-electron chi connectivity index (χ4n) is 4.01. The highest BCUT2D eigenvalue weighted by Gasteiger charge is 2.27. The normalized spacial score (nSPS) is 11.3. The Morgan fingerprint density at radius 1 is 0.956 bits per heavy atom. The number of carbonyl (C=O) groups excluding carboxylic acids is 1. The minimum Gasteiger partial charge on any atom is -0.494 e. The molecular formula is C31H27BrCl3N3O6S. The molecule has 4 rings (SSSR count). The molecule has 0 fully saturated rings. The van der Waals surface area contributed by atoms with Crippen LogP contribution in [0.1, 0.15) is 18.1 Å². The summed E-state index contributed by atoms with van der Waals surface area (Å²) in [6.45, 7) is 1.94. The minimum absolute atomic E-state index is 0.0319. The van der Waals surface area contributed by atoms with Gasteiger partial charge in [-0.05, 0) is 107 Å². The van der Waals surface area contributed by atoms with Crippen LogP contribution in [0, 0.1) is 0 Å². The molecule has 0 aliphatic heterocycles. The molecule has 14 heteroatoms. The standard InChI is InChI=1S/C31H27BrCl3N3O6S/c1-3-43-24-9-7-23(8-10-24)38(45(40,41)25-11-5-22(33)6-12-25)18-30(39)37-36-17-21-14-26(32)31(29(16-21)42-2)44-19-20-4-13-27(34)28(35)15-20/h4-17H,3,18-19H2,1-2H3,(H,37,39)/b36-17-. The summed E-state index contributed by atoms with van der Waals surface area (Å²) in [4.78, 5) is 12.9. The van der Waals surface area contributed by atoms with Gasteiger partial charge in [0.2, 0.25) is 0 Å². The molecule has 0 aliphatic carbocycles. The Kier molecular flexibility index (Phi) is 12.0. The van der Waals surface area contributed by atoms with Crippen LogP contribution in [0.3, 0.4) is 0 Å². The number of rotatable bonds is 13. The van der Waals surface area contributed by atoms with Crippen LogP contribution < -0.4 is 23.9 Å². The SMILES string of the molecule is CCOc1ccc(N(CC(=O)N/N=C\c2cc(Br)c(OCc3ccc(Cl)c(Cl)c3)c(OC)c2)S(=O)(=O)c2ccc(Cl)cc2)cc1. The van der Waals surface area contributed by atoms with Gasteiger partial charge in [-0.15, -0.1) is 0 Å². The van der Waals surface area contributed by atoms with E-state index in [1.807, 2.05) is 6.92 Å². The number of anilines is 1. The van der Waals surface area contributed by atoms with E-state index in [-0.39, 0.29) is 17.2 Å². The van der Waals surface area contributed by atoms with Gasteiger partial charge in [0.15, 0.2) is 11.5 Å². The average Bonchev–Trinajstić information content (AvgIpc) is 3.01. The first-order valence-electron chi connectivity index (χ1n) is 13.3. The predicted octanol–water partition coefficient (Wildman–Crippen LogP) is 7.74. The van der Waals surface area contributed by atoms with Crippen LogP contribution in [0.15, 0.2) is 93.3 Å². The summed E-state index contributed by atoms with van der Waals surface area (Å²) in [5, 5.41) is 5.27. The number of nitrogens with zero attached hydrogens (tertiary/aromatic N) is 2. The number of sulfonamides is 1. The van der Waals surface area contributed by atoms with Gasteiger partial charge in [0.25, 0.3) is 15.9 Å². The number of benzene rings is 4. The van der Waals surface area contributed by atoms with E-state index < -0.39 is 22.5 Å². The van der Waals surface area contributed by atoms with E-state index >= 15 is 0 Å². The highest BCUT2D eigenvalue weighted by Crippen LogP contribution is 2.37. The monoisotopic (exact) mass is 753 g/mol. The lowest BCUT2D eigenvalue weighted by molar-refractivity contribution is -0.119. The van der Waals surface area contributed by atoms with Crippen molar-refractivity contribution in [3.8, 4) is 17.2 Å². The molecule has 4 aromatic carbocycles. The van der Waals surface area contributed by atoms with Gasteiger partial charge in [-0.1, -0.05) is 40.9 Å². The number of nitrogens with one attached hydrogen (secondary N) is 1. The van der Waals surface area contributed by atoms with Crippen molar-refractivity contribution < 1.29 is 27.4 Å². The summed E-state index contributed by atoms with van der Waals surface area (Å²) in [6.07, 6.45) is 1.39. The first-order chi connectivity index (χ1) is 21.5. The van der Waals surface area contributed by atoms with Gasteiger partial charge >= 0.3 is 0 Å². The first-order valence-corrected chi connectivity index (χ1v) is 16.7. The zero-order chi connectivity index (χ0) is 32.6. The molecule has 9 nitrogen and oxygen atoms in total. The van der Waals surface area contributed by atoms with E-state index in [9.17, 15) is 13.2 Å². The zero-order valence-corrected chi connectivity index (χ0v) is 28.6. The maximum absolute atomic E-state index is 13.6. The van der Waals surface area contributed by atoms with E-state index in [0.717, 1.165) is 9.87 Å². The number of halogens is 4. The number of hydrazone groups is 1. The molecule has 0 radical (unpaired) electrons. The average molecular weight is 756 g/mol. The third kappa shape index (κ3) is 9.05. The van der Waals surface area contributed by atoms with Crippen molar-refractivity contribution in [2.24, 2.45) is 5.10 Å². The van der Waals surface area contributed by atoms with E-state index in [2.05, 4.69) is 26.5 Å². The smallest absolute Gasteiger partial charge is 0.264 e. The van der Waals surface area contributed by atoms with Gasteiger partial charge in [0.1, 0.15) is 18.9 Å². The molecule has 0 bridgehead atoms. The Balaban J connectivity index is 1.49. The Labute approximate surface area is 284 Å². The van der Waals surface area contributed by atoms with Crippen LogP contribution >= 0.6 is 50.7 Å². The van der Waals surface area contributed by atoms with Crippen molar-refractivity contribution in [2.75, 3.05) is 24.6 Å². The van der Waals surface area contributed by atoms with Gasteiger partial charge in [-0.2, -0.15) is 5.10 Å². The largest absolute Gasteiger partial charge is 0.494 e. The van der Waals surface area contributed by atoms with Crippen LogP contribution in [-0.2, 0) is 21.4 Å². The first kappa shape index (κ1) is 34.4. The summed E-state index contributed by atoms with van der Waals surface area (Å²) < 4.78 is 45.7. The van der Waals surface area contributed by atoms with Crippen molar-refractivity contribution in [3.63, 3.8) is 0 Å². The summed E-state index contributed by atoms with van der Waals surface area (Å²) in [6, 6.07) is 20.6. The second kappa shape index (κ2) is 15.7. The molecule has 0 atom stereocenters. The maximum atomic E-state index is 13.6. The predicted molar refractivity (Wildman–Crippen MR) is 181 cm³/mol. The Hall–Kier alpha value is -3.48. The van der Waals surface area contributed by atoms with E-state index in [1.54, 1.807) is 54.6 Å². The molecule has 0 aliphatic rings. The molecule has 45 heavy (non-hydrogen) atoms. The Morgan fingerprint density at radius 2 is 1.67 bits per heavy atom. The van der Waals surface area contributed by atoms with E-state index in [1.165, 1.54) is 37.6 Å². The van der Waals surface area contributed by atoms with Gasteiger partial charge < -0.3 is 14.2 Å². The molecule has 0 aromatic heterocycles. The van der Waals surface area contributed by atoms with Crippen LogP contribution in [-0.4, -0.2) is 40.8 Å². The number of carbonyl (C=O) groups is 1. The third-order valence-electron chi connectivity index (χ3n) is 6.15. The van der Waals surface area contributed by atoms with Crippen molar-refractivity contribution in [3.05, 3.63) is 110 Å². The summed E-state index contributed by atoms with van der Waals surface area (Å²) in [5.74, 6) is 0.743. The van der Waals surface area contributed by atoms with E-state index in [0.29, 0.717) is 49.0 Å². The molecule has 0 saturated heterocycles. The van der Waals surface area contributed by atoms with Gasteiger partial charge in [0, 0.05) is 5.02 Å². The summed E-state index contributed by atoms with van der Waals surface area (Å²) in [5.41, 5.74) is 4.03. The number of hydrogen-bond donors (Lipinski definition) is 1. The van der Waals surface area contributed by atoms with Crippen LogP contribution in [0.25, 0.3) is 0 Å². The number of methoxy groups -OCH3 is 1. The molecular weight excluding hydrogens is 729 g/mol. The topological polar surface area (TPSA) is 107 Å². The molecule has 0 unspecified atom stereocenters. The lowest BCUT2D eigenvalue weighted by Crippen LogP contribution is -2.39. The fourth-order valence-corrected chi connectivity index (χ4v) is 6.45. The zero-order valence-electron chi connectivity index (χ0n) is 24.0. The fraction of sp³-hybridized carbons (Fsp3) is 0.161. The van der Waals surface area contributed by atoms with Crippen LogP contribution in [0.4, 0.5) is 5.69 Å². The molecule has 0 spiro atoms. The molecule has 236 valence electrons. The second-order valence-electron chi connectivity index (χ2n) is 9.26. The van der Waals surface area contributed by atoms with Crippen LogP contribution in [0.5, 0.6) is 17.2 Å². The molecule has 1 amide bonds. The van der Waals surface area contributed by atoms with Crippen molar-refractivity contribution in [2.45, 2.75) is 18.4 Å². The number of hydrogen-bond acceptors (Lipinski definition) is 7. The van der Waals surface area contributed by atoms with Gasteiger partial charge in [-0.25, -0.2) is 13.8 Å². The quantitative estimate of drug-likeness (QED) is 0.111. The van der Waals surface area contributed by atoms with Gasteiger partial charge in [-0.3, -0.25) is 9.10 Å². The Morgan fingerprint density at radius 3 is 2.31 bits per heavy atom. The molecule has 1 N–H and O–H groups in total. The lowest BCUT2D eigenvalue weighted by atomic mass is 10.2. The Bertz CT molecular complexity index is 1790. The lowest BCUT2D eigenvalue weighted by Gasteiger charge is -2.24. The van der Waals surface area contributed by atoms with Crippen molar-refractivity contribution >= 4 is 78.6 Å². The number of amides is 1. The van der Waals surface area contributed by atoms with Crippen LogP contribution in [0.2, 0.25) is 15.1 Å². The number of ether oxygens (including phenoxy) is 3. The summed E-state index contributed by atoms with van der Waals surface area (Å²) in [7, 11) is -2.65. The van der Waals surface area contributed by atoms with Gasteiger partial charge in [0.05, 0.1) is 45.0 Å². The molecule has 4 aromatic rings. The molecule has 0 saturated carbocycles.